The van der Waals surface area contributed by atoms with Gasteiger partial charge in [0.25, 0.3) is 0 Å². The van der Waals surface area contributed by atoms with E-state index in [4.69, 9.17) is 0 Å². The third-order valence-corrected chi connectivity index (χ3v) is 11.5. The van der Waals surface area contributed by atoms with Crippen LogP contribution in [0.15, 0.2) is 125 Å². The van der Waals surface area contributed by atoms with Gasteiger partial charge in [0.1, 0.15) is 0 Å². The molecule has 4 aromatic carbocycles. The molecule has 4 heteroatoms. The fraction of sp³-hybridized carbons (Fsp3) is 0. The molecule has 0 fully saturated rings. The summed E-state index contributed by atoms with van der Waals surface area (Å²) in [5.41, 5.74) is -0.120. The molecule has 0 saturated carbocycles. The van der Waals surface area contributed by atoms with Crippen molar-refractivity contribution in [2.45, 2.75) is 0 Å². The summed E-state index contributed by atoms with van der Waals surface area (Å²) in [6.45, 7) is 0. The minimum absolute atomic E-state index is 0.847. The summed E-state index contributed by atoms with van der Waals surface area (Å²) in [5.74, 6) is 0. The summed E-state index contributed by atoms with van der Waals surface area (Å²) in [5, 5.41) is 12.6. The van der Waals surface area contributed by atoms with E-state index in [1.165, 1.54) is 15.9 Å². The third-order valence-electron chi connectivity index (χ3n) is 4.49. The Labute approximate surface area is 173 Å². The van der Waals surface area contributed by atoms with Crippen molar-refractivity contribution in [1.29, 1.82) is 0 Å². The van der Waals surface area contributed by atoms with Gasteiger partial charge in [0.05, 0.1) is 0 Å². The molecule has 0 heterocycles. The normalized spacial score (nSPS) is 11.6. The zero-order chi connectivity index (χ0) is 19.2. The summed E-state index contributed by atoms with van der Waals surface area (Å²) < 4.78 is 0. The molecule has 0 bridgehead atoms. The summed E-state index contributed by atoms with van der Waals surface area (Å²) in [6.07, 6.45) is 0. The van der Waals surface area contributed by atoms with Gasteiger partial charge in [0.15, 0.2) is 0 Å². The monoisotopic (exact) mass is 446 g/mol. The molecule has 0 unspecified atom stereocenters. The molecule has 136 valence electrons. The molecule has 0 spiro atoms. The molecule has 0 aliphatic rings. The van der Waals surface area contributed by atoms with Crippen molar-refractivity contribution >= 4 is 47.9 Å². The fourth-order valence-electron chi connectivity index (χ4n) is 3.06. The van der Waals surface area contributed by atoms with Gasteiger partial charge < -0.3 is 0 Å². The first kappa shape index (κ1) is 18.8. The van der Waals surface area contributed by atoms with E-state index in [0.717, 1.165) is 11.4 Å². The first-order valence-electron chi connectivity index (χ1n) is 9.05. The van der Waals surface area contributed by atoms with E-state index in [0.29, 0.717) is 0 Å². The predicted octanol–water partition coefficient (Wildman–Crippen LogP) is 5.48. The van der Waals surface area contributed by atoms with Gasteiger partial charge in [-0.1, -0.05) is 0 Å². The van der Waals surface area contributed by atoms with E-state index < -0.39 is 5.51 Å². The summed E-state index contributed by atoms with van der Waals surface area (Å²) in [7, 11) is 0. The van der Waals surface area contributed by atoms with Gasteiger partial charge >= 0.3 is 173 Å². The Bertz CT molecular complexity index is 1070. The molecule has 4 rings (SSSR count). The predicted molar refractivity (Wildman–Crippen MR) is 122 cm³/mol. The van der Waals surface area contributed by atoms with Gasteiger partial charge in [-0.05, 0) is 0 Å². The van der Waals surface area contributed by atoms with Gasteiger partial charge in [-0.3, -0.25) is 0 Å². The van der Waals surface area contributed by atoms with Crippen LogP contribution in [0.25, 0.3) is 0 Å². The van der Waals surface area contributed by atoms with Crippen molar-refractivity contribution in [3.8, 4) is 0 Å². The average Bonchev–Trinajstić information content (AvgIpc) is 2.79. The molecular weight excluding hydrogens is 426 g/mol. The van der Waals surface area contributed by atoms with E-state index >= 15 is 0 Å². The van der Waals surface area contributed by atoms with Gasteiger partial charge in [0.2, 0.25) is 0 Å². The molecule has 0 aliphatic heterocycles. The molecule has 4 aromatic rings. The Morgan fingerprint density at radius 2 is 0.786 bits per heavy atom. The van der Waals surface area contributed by atoms with Gasteiger partial charge in [-0.25, -0.2) is 0 Å². The van der Waals surface area contributed by atoms with Crippen molar-refractivity contribution in [1.82, 2.24) is 0 Å². The molecule has 0 aliphatic carbocycles. The molecule has 0 N–H and O–H groups in total. The summed E-state index contributed by atoms with van der Waals surface area (Å²) in [6, 6.07) is 39.6. The SMILES string of the molecule is [Se]=P(c1ccccc1)(c1ccccc1)c1ccc(N=Nc2ccccc2)cc1. The maximum atomic E-state index is 4.37. The van der Waals surface area contributed by atoms with Crippen LogP contribution in [0.1, 0.15) is 0 Å². The van der Waals surface area contributed by atoms with Crippen LogP contribution in [0.4, 0.5) is 11.4 Å². The second kappa shape index (κ2) is 8.63. The Balaban J connectivity index is 1.72. The Morgan fingerprint density at radius 1 is 0.429 bits per heavy atom. The Kier molecular flexibility index (Phi) is 5.78. The Morgan fingerprint density at radius 3 is 1.25 bits per heavy atom. The maximum absolute atomic E-state index is 4.37. The van der Waals surface area contributed by atoms with Gasteiger partial charge in [-0.2, -0.15) is 0 Å². The number of hydrogen-bond acceptors (Lipinski definition) is 2. The number of hydrogen-bond donors (Lipinski definition) is 0. The van der Waals surface area contributed by atoms with Crippen LogP contribution < -0.4 is 15.9 Å². The number of azo groups is 1. The zero-order valence-corrected chi connectivity index (χ0v) is 17.8. The Hall–Kier alpha value is -2.57. The topological polar surface area (TPSA) is 24.7 Å². The van der Waals surface area contributed by atoms with Crippen molar-refractivity contribution < 1.29 is 0 Å². The molecule has 0 saturated heterocycles. The van der Waals surface area contributed by atoms with Crippen LogP contribution in [0.2, 0.25) is 0 Å². The second-order valence-corrected chi connectivity index (χ2v) is 12.5. The minimum atomic E-state index is -1.82. The quantitative estimate of drug-likeness (QED) is 0.221. The van der Waals surface area contributed by atoms with Crippen LogP contribution in [-0.2, 0) is 0 Å². The van der Waals surface area contributed by atoms with Crippen molar-refractivity contribution in [3.63, 3.8) is 0 Å². The fourth-order valence-corrected chi connectivity index (χ4v) is 8.01. The second-order valence-electron chi connectivity index (χ2n) is 6.33. The molecule has 0 amide bonds. The molecule has 0 aromatic heterocycles. The molecule has 0 radical (unpaired) electrons. The summed E-state index contributed by atoms with van der Waals surface area (Å²) >= 11 is 3.57. The molecular formula is C24H19N2PSe. The van der Waals surface area contributed by atoms with Crippen LogP contribution in [-0.4, -0.2) is 15.1 Å². The van der Waals surface area contributed by atoms with E-state index in [-0.39, 0.29) is 0 Å². The zero-order valence-electron chi connectivity index (χ0n) is 15.2. The first-order chi connectivity index (χ1) is 13.8. The van der Waals surface area contributed by atoms with Gasteiger partial charge in [0, 0.05) is 0 Å². The third kappa shape index (κ3) is 3.98. The van der Waals surface area contributed by atoms with E-state index in [1.807, 2.05) is 42.5 Å². The average molecular weight is 445 g/mol. The van der Waals surface area contributed by atoms with E-state index in [2.05, 4.69) is 98.1 Å². The standard InChI is InChI=1S/C24H19N2PSe/c28-27(22-12-6-2-7-13-22,23-14-8-3-9-15-23)24-18-16-21(17-19-24)26-25-20-10-4-1-5-11-20/h1-19H. The number of nitrogens with zero attached hydrogens (tertiary/aromatic N) is 2. The number of rotatable bonds is 5. The first-order valence-corrected chi connectivity index (χ1v) is 13.1. The number of benzene rings is 4. The molecule has 0 atom stereocenters. The van der Waals surface area contributed by atoms with Gasteiger partial charge in [-0.15, -0.1) is 0 Å². The van der Waals surface area contributed by atoms with Crippen LogP contribution in [0.5, 0.6) is 0 Å². The van der Waals surface area contributed by atoms with Crippen molar-refractivity contribution in [3.05, 3.63) is 115 Å². The summed E-state index contributed by atoms with van der Waals surface area (Å²) in [4.78, 5) is 0. The van der Waals surface area contributed by atoms with E-state index in [9.17, 15) is 0 Å². The van der Waals surface area contributed by atoms with Crippen LogP contribution in [0.3, 0.4) is 0 Å². The van der Waals surface area contributed by atoms with Crippen molar-refractivity contribution in [2.24, 2.45) is 10.2 Å². The molecule has 2 nitrogen and oxygen atoms in total. The van der Waals surface area contributed by atoms with Crippen LogP contribution in [0, 0.1) is 0 Å². The van der Waals surface area contributed by atoms with Crippen LogP contribution >= 0.6 is 5.51 Å². The van der Waals surface area contributed by atoms with E-state index in [1.54, 1.807) is 0 Å². The van der Waals surface area contributed by atoms with Crippen molar-refractivity contribution in [2.75, 3.05) is 0 Å². The molecule has 28 heavy (non-hydrogen) atoms.